The minimum absolute atomic E-state index is 0.287. The van der Waals surface area contributed by atoms with Gasteiger partial charge in [-0.15, -0.1) is 0 Å². The van der Waals surface area contributed by atoms with Crippen molar-refractivity contribution in [3.05, 3.63) is 17.7 Å². The van der Waals surface area contributed by atoms with Crippen LogP contribution in [0, 0.1) is 6.92 Å². The lowest BCUT2D eigenvalue weighted by Gasteiger charge is -2.04. The Morgan fingerprint density at radius 1 is 1.46 bits per heavy atom. The van der Waals surface area contributed by atoms with Crippen molar-refractivity contribution in [2.75, 3.05) is 6.61 Å². The maximum atomic E-state index is 8.65. The van der Waals surface area contributed by atoms with E-state index in [9.17, 15) is 0 Å². The summed E-state index contributed by atoms with van der Waals surface area (Å²) >= 11 is 0. The number of rotatable bonds is 5. The van der Waals surface area contributed by atoms with Gasteiger partial charge in [-0.05, 0) is 19.8 Å². The Kier molecular flexibility index (Phi) is 3.96. The summed E-state index contributed by atoms with van der Waals surface area (Å²) in [7, 11) is 0. The molecule has 1 rings (SSSR count). The highest BCUT2D eigenvalue weighted by Gasteiger charge is 2.01. The van der Waals surface area contributed by atoms with Crippen LogP contribution in [-0.2, 0) is 13.0 Å². The average molecular weight is 182 g/mol. The SMILES string of the molecule is CCc1nc(C)cn1CCCCO. The normalized spacial score (nSPS) is 10.7. The van der Waals surface area contributed by atoms with Crippen molar-refractivity contribution in [2.24, 2.45) is 0 Å². The highest BCUT2D eigenvalue weighted by Crippen LogP contribution is 2.05. The number of nitrogens with zero attached hydrogens (tertiary/aromatic N) is 2. The van der Waals surface area contributed by atoms with E-state index in [4.69, 9.17) is 5.11 Å². The van der Waals surface area contributed by atoms with Gasteiger partial charge >= 0.3 is 0 Å². The molecule has 0 aliphatic rings. The van der Waals surface area contributed by atoms with Crippen LogP contribution in [0.4, 0.5) is 0 Å². The van der Waals surface area contributed by atoms with Crippen molar-refractivity contribution in [3.8, 4) is 0 Å². The predicted octanol–water partition coefficient (Wildman–Crippen LogP) is 1.53. The molecule has 1 aromatic heterocycles. The van der Waals surface area contributed by atoms with Gasteiger partial charge < -0.3 is 9.67 Å². The fourth-order valence-electron chi connectivity index (χ4n) is 1.47. The number of imidazole rings is 1. The van der Waals surface area contributed by atoms with Gasteiger partial charge in [-0.25, -0.2) is 4.98 Å². The molecular formula is C10H18N2O. The van der Waals surface area contributed by atoms with Crippen molar-refractivity contribution in [3.63, 3.8) is 0 Å². The van der Waals surface area contributed by atoms with Gasteiger partial charge in [0.2, 0.25) is 0 Å². The molecule has 0 amide bonds. The molecule has 1 aromatic rings. The third-order valence-electron chi connectivity index (χ3n) is 2.10. The molecule has 0 aliphatic carbocycles. The monoisotopic (exact) mass is 182 g/mol. The first kappa shape index (κ1) is 10.3. The van der Waals surface area contributed by atoms with Crippen molar-refractivity contribution in [1.82, 2.24) is 9.55 Å². The van der Waals surface area contributed by atoms with Crippen molar-refractivity contribution >= 4 is 0 Å². The number of aliphatic hydroxyl groups is 1. The Morgan fingerprint density at radius 3 is 2.85 bits per heavy atom. The standard InChI is InChI=1S/C10H18N2O/c1-3-10-11-9(2)8-12(10)6-4-5-7-13/h8,13H,3-7H2,1-2H3. The smallest absolute Gasteiger partial charge is 0.108 e. The summed E-state index contributed by atoms with van der Waals surface area (Å²) in [5, 5.41) is 8.65. The molecular weight excluding hydrogens is 164 g/mol. The third-order valence-corrected chi connectivity index (χ3v) is 2.10. The minimum atomic E-state index is 0.287. The highest BCUT2D eigenvalue weighted by molar-refractivity contribution is 5.01. The van der Waals surface area contributed by atoms with Crippen LogP contribution in [0.3, 0.4) is 0 Å². The molecule has 0 bridgehead atoms. The minimum Gasteiger partial charge on any atom is -0.396 e. The number of hydrogen-bond donors (Lipinski definition) is 1. The fraction of sp³-hybridized carbons (Fsp3) is 0.700. The van der Waals surface area contributed by atoms with Gasteiger partial charge in [-0.3, -0.25) is 0 Å². The number of hydrogen-bond acceptors (Lipinski definition) is 2. The van der Waals surface area contributed by atoms with E-state index >= 15 is 0 Å². The van der Waals surface area contributed by atoms with Crippen LogP contribution >= 0.6 is 0 Å². The summed E-state index contributed by atoms with van der Waals surface area (Å²) in [6.07, 6.45) is 4.96. The van der Waals surface area contributed by atoms with Gasteiger partial charge in [0, 0.05) is 25.8 Å². The van der Waals surface area contributed by atoms with Crippen LogP contribution < -0.4 is 0 Å². The largest absolute Gasteiger partial charge is 0.396 e. The molecule has 0 radical (unpaired) electrons. The van der Waals surface area contributed by atoms with Crippen LogP contribution in [0.1, 0.15) is 31.3 Å². The Morgan fingerprint density at radius 2 is 2.23 bits per heavy atom. The zero-order valence-electron chi connectivity index (χ0n) is 8.45. The summed E-state index contributed by atoms with van der Waals surface area (Å²) in [5.41, 5.74) is 1.08. The summed E-state index contributed by atoms with van der Waals surface area (Å²) in [5.74, 6) is 1.15. The van der Waals surface area contributed by atoms with E-state index in [1.165, 1.54) is 0 Å². The molecule has 1 heterocycles. The van der Waals surface area contributed by atoms with E-state index in [0.29, 0.717) is 0 Å². The summed E-state index contributed by atoms with van der Waals surface area (Å²) in [4.78, 5) is 4.41. The molecule has 0 aromatic carbocycles. The van der Waals surface area contributed by atoms with Crippen LogP contribution in [-0.4, -0.2) is 21.3 Å². The quantitative estimate of drug-likeness (QED) is 0.701. The first-order valence-corrected chi connectivity index (χ1v) is 4.91. The van der Waals surface area contributed by atoms with E-state index in [-0.39, 0.29) is 6.61 Å². The molecule has 0 fully saturated rings. The predicted molar refractivity (Wildman–Crippen MR) is 52.7 cm³/mol. The lowest BCUT2D eigenvalue weighted by molar-refractivity contribution is 0.281. The maximum absolute atomic E-state index is 8.65. The first-order valence-electron chi connectivity index (χ1n) is 4.91. The molecule has 3 heteroatoms. The summed E-state index contributed by atoms with van der Waals surface area (Å²) in [6, 6.07) is 0. The van der Waals surface area contributed by atoms with E-state index < -0.39 is 0 Å². The zero-order chi connectivity index (χ0) is 9.68. The molecule has 3 nitrogen and oxygen atoms in total. The lowest BCUT2D eigenvalue weighted by Crippen LogP contribution is -2.02. The van der Waals surface area contributed by atoms with Gasteiger partial charge in [-0.2, -0.15) is 0 Å². The first-order chi connectivity index (χ1) is 6.27. The van der Waals surface area contributed by atoms with Crippen molar-refractivity contribution in [1.29, 1.82) is 0 Å². The van der Waals surface area contributed by atoms with Crippen LogP contribution in [0.15, 0.2) is 6.20 Å². The Labute approximate surface area is 79.4 Å². The number of aryl methyl sites for hydroxylation is 3. The van der Waals surface area contributed by atoms with Gasteiger partial charge in [0.05, 0.1) is 5.69 Å². The zero-order valence-corrected chi connectivity index (χ0v) is 8.45. The molecule has 0 atom stereocenters. The summed E-state index contributed by atoms with van der Waals surface area (Å²) in [6.45, 7) is 5.39. The van der Waals surface area contributed by atoms with Crippen LogP contribution in [0.25, 0.3) is 0 Å². The molecule has 13 heavy (non-hydrogen) atoms. The second-order valence-corrected chi connectivity index (χ2v) is 3.28. The van der Waals surface area contributed by atoms with Crippen LogP contribution in [0.2, 0.25) is 0 Å². The van der Waals surface area contributed by atoms with Gasteiger partial charge in [-0.1, -0.05) is 6.92 Å². The number of aromatic nitrogens is 2. The molecule has 0 saturated carbocycles. The van der Waals surface area contributed by atoms with Gasteiger partial charge in [0.1, 0.15) is 5.82 Å². The number of aliphatic hydroxyl groups excluding tert-OH is 1. The average Bonchev–Trinajstić information content (AvgIpc) is 2.47. The molecule has 1 N–H and O–H groups in total. The van der Waals surface area contributed by atoms with Crippen molar-refractivity contribution in [2.45, 2.75) is 39.7 Å². The maximum Gasteiger partial charge on any atom is 0.108 e. The molecule has 0 saturated heterocycles. The van der Waals surface area contributed by atoms with E-state index in [0.717, 1.165) is 37.3 Å². The molecule has 0 spiro atoms. The van der Waals surface area contributed by atoms with Gasteiger partial charge in [0.15, 0.2) is 0 Å². The second kappa shape index (κ2) is 5.02. The fourth-order valence-corrected chi connectivity index (χ4v) is 1.47. The summed E-state index contributed by atoms with van der Waals surface area (Å²) < 4.78 is 2.19. The third kappa shape index (κ3) is 2.84. The topological polar surface area (TPSA) is 38.0 Å². The molecule has 0 aliphatic heterocycles. The van der Waals surface area contributed by atoms with E-state index in [2.05, 4.69) is 22.7 Å². The Hall–Kier alpha value is -0.830. The highest BCUT2D eigenvalue weighted by atomic mass is 16.2. The Balaban J connectivity index is 2.53. The van der Waals surface area contributed by atoms with Crippen molar-refractivity contribution < 1.29 is 5.11 Å². The molecule has 0 unspecified atom stereocenters. The van der Waals surface area contributed by atoms with E-state index in [1.807, 2.05) is 6.92 Å². The lowest BCUT2D eigenvalue weighted by atomic mass is 10.3. The Bertz CT molecular complexity index is 255. The second-order valence-electron chi connectivity index (χ2n) is 3.28. The molecule has 74 valence electrons. The van der Waals surface area contributed by atoms with E-state index in [1.54, 1.807) is 0 Å². The van der Waals surface area contributed by atoms with Crippen LogP contribution in [0.5, 0.6) is 0 Å². The van der Waals surface area contributed by atoms with Gasteiger partial charge in [0.25, 0.3) is 0 Å². The number of unbranched alkanes of at least 4 members (excludes halogenated alkanes) is 1.